The fourth-order valence-electron chi connectivity index (χ4n) is 6.59. The molecule has 4 aliphatic carbocycles. The molecular weight excluding hydrogens is 364 g/mol. The van der Waals surface area contributed by atoms with Gasteiger partial charge in [-0.2, -0.15) is 0 Å². The van der Waals surface area contributed by atoms with Crippen LogP contribution in [-0.2, 0) is 4.79 Å². The molecule has 0 aromatic heterocycles. The molecule has 0 spiro atoms. The topological polar surface area (TPSA) is 73.5 Å². The van der Waals surface area contributed by atoms with Crippen molar-refractivity contribution < 1.29 is 9.59 Å². The van der Waals surface area contributed by atoms with Crippen LogP contribution in [-0.4, -0.2) is 55.1 Å². The molecule has 5 aliphatic rings. The lowest BCUT2D eigenvalue weighted by atomic mass is 9.53. The fraction of sp³-hybridized carbons (Fsp3) is 0.900. The summed E-state index contributed by atoms with van der Waals surface area (Å²) in [4.78, 5) is 26.9. The Morgan fingerprint density at radius 1 is 1.07 bits per heavy atom. The Kier molecular flexibility index (Phi) is 6.57. The van der Waals surface area contributed by atoms with Gasteiger partial charge in [0.2, 0.25) is 5.91 Å². The smallest absolute Gasteiger partial charge is 0.315 e. The number of nitrogens with zero attached hydrogens (tertiary/aromatic N) is 1. The van der Waals surface area contributed by atoms with Crippen LogP contribution in [0.4, 0.5) is 4.79 Å². The Hall–Kier alpha value is -1.01. The highest BCUT2D eigenvalue weighted by molar-refractivity contribution is 5.85. The average Bonchev–Trinajstić information content (AvgIpc) is 3.01. The van der Waals surface area contributed by atoms with Crippen molar-refractivity contribution in [1.29, 1.82) is 0 Å². The molecule has 1 unspecified atom stereocenters. The van der Waals surface area contributed by atoms with Gasteiger partial charge in [-0.25, -0.2) is 4.79 Å². The van der Waals surface area contributed by atoms with E-state index >= 15 is 0 Å². The molecule has 1 heterocycles. The van der Waals surface area contributed by atoms with E-state index in [1.54, 1.807) is 0 Å². The number of halogens is 1. The van der Waals surface area contributed by atoms with E-state index in [0.29, 0.717) is 19.0 Å². The van der Waals surface area contributed by atoms with E-state index in [1.807, 2.05) is 11.9 Å². The highest BCUT2D eigenvalue weighted by Gasteiger charge is 2.51. The van der Waals surface area contributed by atoms with Crippen molar-refractivity contribution in [3.63, 3.8) is 0 Å². The number of rotatable bonds is 6. The van der Waals surface area contributed by atoms with Crippen molar-refractivity contribution in [1.82, 2.24) is 20.9 Å². The summed E-state index contributed by atoms with van der Waals surface area (Å²) in [6.07, 6.45) is 10.2. The summed E-state index contributed by atoms with van der Waals surface area (Å²) in [5, 5.41) is 9.43. The molecule has 3 N–H and O–H groups in total. The van der Waals surface area contributed by atoms with Crippen LogP contribution in [0.5, 0.6) is 0 Å². The first-order valence-electron chi connectivity index (χ1n) is 10.6. The number of likely N-dealkylation sites (tertiary alicyclic amines) is 1. The SMILES string of the molecule is CNCC1CCCN1C(=O)CCNC(=O)NC12CC3CC(CC(C3)C1)C2.Cl. The number of likely N-dealkylation sites (N-methyl/N-ethyl adjacent to an activating group) is 1. The van der Waals surface area contributed by atoms with E-state index in [0.717, 1.165) is 62.9 Å². The van der Waals surface area contributed by atoms with E-state index in [9.17, 15) is 9.59 Å². The molecule has 0 radical (unpaired) electrons. The first-order chi connectivity index (χ1) is 12.6. The minimum Gasteiger partial charge on any atom is -0.338 e. The van der Waals surface area contributed by atoms with Crippen molar-refractivity contribution >= 4 is 24.3 Å². The van der Waals surface area contributed by atoms with Crippen molar-refractivity contribution in [3.8, 4) is 0 Å². The molecule has 27 heavy (non-hydrogen) atoms. The quantitative estimate of drug-likeness (QED) is 0.642. The van der Waals surface area contributed by atoms with Crippen LogP contribution in [0.3, 0.4) is 0 Å². The molecule has 3 amide bonds. The molecule has 5 rings (SSSR count). The fourth-order valence-corrected chi connectivity index (χ4v) is 6.59. The lowest BCUT2D eigenvalue weighted by Crippen LogP contribution is -2.61. The number of urea groups is 1. The molecule has 6 nitrogen and oxygen atoms in total. The predicted octanol–water partition coefficient (Wildman–Crippen LogP) is 2.28. The zero-order valence-electron chi connectivity index (χ0n) is 16.5. The lowest BCUT2D eigenvalue weighted by molar-refractivity contribution is -0.131. The van der Waals surface area contributed by atoms with Gasteiger partial charge in [0, 0.05) is 37.6 Å². The zero-order chi connectivity index (χ0) is 18.1. The minimum absolute atomic E-state index is 0. The van der Waals surface area contributed by atoms with Crippen molar-refractivity contribution in [2.45, 2.75) is 69.4 Å². The van der Waals surface area contributed by atoms with Crippen LogP contribution in [0.1, 0.15) is 57.8 Å². The normalized spacial score (nSPS) is 36.4. The molecule has 7 heteroatoms. The summed E-state index contributed by atoms with van der Waals surface area (Å²) in [7, 11) is 1.93. The van der Waals surface area contributed by atoms with Crippen molar-refractivity contribution in [2.75, 3.05) is 26.7 Å². The van der Waals surface area contributed by atoms with Crippen LogP contribution in [0, 0.1) is 17.8 Å². The van der Waals surface area contributed by atoms with Gasteiger partial charge < -0.3 is 20.9 Å². The van der Waals surface area contributed by atoms with Gasteiger partial charge >= 0.3 is 6.03 Å². The van der Waals surface area contributed by atoms with E-state index < -0.39 is 0 Å². The van der Waals surface area contributed by atoms with Gasteiger partial charge in [0.05, 0.1) is 0 Å². The second-order valence-corrected chi connectivity index (χ2v) is 9.27. The standard InChI is InChI=1S/C20H34N4O2.ClH/c1-21-13-17-3-2-6-24(17)18(25)4-5-22-19(26)23-20-10-14-7-15(11-20)9-16(8-14)12-20;/h14-17,21H,2-13H2,1H3,(H2,22,23,26);1H. The van der Waals surface area contributed by atoms with Gasteiger partial charge in [0.1, 0.15) is 0 Å². The second-order valence-electron chi connectivity index (χ2n) is 9.27. The third-order valence-electron chi connectivity index (χ3n) is 7.18. The second kappa shape index (κ2) is 8.56. The molecule has 1 aliphatic heterocycles. The molecular formula is C20H35ClN4O2. The maximum atomic E-state index is 12.4. The lowest BCUT2D eigenvalue weighted by Gasteiger charge is -2.56. The van der Waals surface area contributed by atoms with E-state index in [-0.39, 0.29) is 29.9 Å². The summed E-state index contributed by atoms with van der Waals surface area (Å²) in [5.41, 5.74) is 0.0374. The molecule has 0 aromatic rings. The van der Waals surface area contributed by atoms with Crippen molar-refractivity contribution in [3.05, 3.63) is 0 Å². The van der Waals surface area contributed by atoms with Gasteiger partial charge in [0.15, 0.2) is 0 Å². The third kappa shape index (κ3) is 4.53. The van der Waals surface area contributed by atoms with Crippen LogP contribution in [0.25, 0.3) is 0 Å². The average molecular weight is 399 g/mol. The van der Waals surface area contributed by atoms with Gasteiger partial charge in [0.25, 0.3) is 0 Å². The molecule has 4 bridgehead atoms. The third-order valence-corrected chi connectivity index (χ3v) is 7.18. The number of nitrogens with one attached hydrogen (secondary N) is 3. The van der Waals surface area contributed by atoms with Crippen LogP contribution < -0.4 is 16.0 Å². The molecule has 0 aromatic carbocycles. The maximum absolute atomic E-state index is 12.4. The predicted molar refractivity (Wildman–Crippen MR) is 108 cm³/mol. The Bertz CT molecular complexity index is 521. The molecule has 4 saturated carbocycles. The van der Waals surface area contributed by atoms with Crippen LogP contribution >= 0.6 is 12.4 Å². The summed E-state index contributed by atoms with van der Waals surface area (Å²) >= 11 is 0. The number of carbonyl (C=O) groups excluding carboxylic acids is 2. The van der Waals surface area contributed by atoms with Gasteiger partial charge in [-0.05, 0) is 76.2 Å². The molecule has 154 valence electrons. The number of hydrogen-bond donors (Lipinski definition) is 3. The summed E-state index contributed by atoms with van der Waals surface area (Å²) in [6.45, 7) is 2.14. The van der Waals surface area contributed by atoms with Gasteiger partial charge in [-0.15, -0.1) is 12.4 Å². The van der Waals surface area contributed by atoms with E-state index in [1.165, 1.54) is 19.3 Å². The highest BCUT2D eigenvalue weighted by Crippen LogP contribution is 2.55. The maximum Gasteiger partial charge on any atom is 0.315 e. The molecule has 1 atom stereocenters. The summed E-state index contributed by atoms with van der Waals surface area (Å²) in [5.74, 6) is 2.63. The Labute approximate surface area is 169 Å². The van der Waals surface area contributed by atoms with E-state index in [4.69, 9.17) is 0 Å². The summed E-state index contributed by atoms with van der Waals surface area (Å²) in [6, 6.07) is 0.237. The largest absolute Gasteiger partial charge is 0.338 e. The molecule has 5 fully saturated rings. The van der Waals surface area contributed by atoms with Crippen molar-refractivity contribution in [2.24, 2.45) is 17.8 Å². The Morgan fingerprint density at radius 2 is 1.70 bits per heavy atom. The molecule has 1 saturated heterocycles. The Morgan fingerprint density at radius 3 is 2.30 bits per heavy atom. The number of amides is 3. The summed E-state index contributed by atoms with van der Waals surface area (Å²) < 4.78 is 0. The minimum atomic E-state index is -0.0760. The van der Waals surface area contributed by atoms with E-state index in [2.05, 4.69) is 16.0 Å². The monoisotopic (exact) mass is 398 g/mol. The van der Waals surface area contributed by atoms with Gasteiger partial charge in [-0.3, -0.25) is 4.79 Å². The first-order valence-corrected chi connectivity index (χ1v) is 10.6. The van der Waals surface area contributed by atoms with Gasteiger partial charge in [-0.1, -0.05) is 0 Å². The number of hydrogen-bond acceptors (Lipinski definition) is 3. The number of carbonyl (C=O) groups is 2. The Balaban J connectivity index is 0.00000210. The van der Waals surface area contributed by atoms with Crippen LogP contribution in [0.2, 0.25) is 0 Å². The zero-order valence-corrected chi connectivity index (χ0v) is 17.3. The van der Waals surface area contributed by atoms with Crippen LogP contribution in [0.15, 0.2) is 0 Å². The first kappa shape index (κ1) is 20.7. The highest BCUT2D eigenvalue weighted by atomic mass is 35.5.